The monoisotopic (exact) mass is 488 g/mol. The quantitative estimate of drug-likeness (QED) is 0.379. The van der Waals surface area contributed by atoms with Crippen LogP contribution in [-0.2, 0) is 0 Å². The molecule has 0 saturated heterocycles. The van der Waals surface area contributed by atoms with E-state index < -0.39 is 18.0 Å². The molecule has 0 fully saturated rings. The maximum absolute atomic E-state index is 15.3. The van der Waals surface area contributed by atoms with Crippen molar-refractivity contribution in [3.8, 4) is 17.0 Å². The average molecular weight is 489 g/mol. The minimum absolute atomic E-state index is 0.155. The van der Waals surface area contributed by atoms with Crippen molar-refractivity contribution in [3.05, 3.63) is 106 Å². The molecule has 4 aromatic rings. The number of carboxylic acid groups (broad SMARTS) is 1. The van der Waals surface area contributed by atoms with E-state index in [2.05, 4.69) is 15.3 Å². The van der Waals surface area contributed by atoms with Crippen molar-refractivity contribution in [1.82, 2.24) is 9.97 Å². The number of benzene rings is 3. The van der Waals surface area contributed by atoms with Gasteiger partial charge in [-0.3, -0.25) is 4.99 Å². The van der Waals surface area contributed by atoms with E-state index in [1.54, 1.807) is 42.6 Å². The smallest absolute Gasteiger partial charge is 0.335 e. The van der Waals surface area contributed by atoms with Crippen LogP contribution in [0.4, 0.5) is 10.1 Å². The Morgan fingerprint density at radius 1 is 1.11 bits per heavy atom. The molecular formula is C26H18ClFN4O3. The number of nitrogens with one attached hydrogen (secondary N) is 1. The van der Waals surface area contributed by atoms with Crippen molar-refractivity contribution in [2.24, 2.45) is 4.99 Å². The number of fused-ring (bicyclic) bond motifs is 3. The summed E-state index contributed by atoms with van der Waals surface area (Å²) in [6, 6.07) is 16.1. The number of methoxy groups -OCH3 is 1. The molecule has 0 bridgehead atoms. The number of rotatable bonds is 5. The lowest BCUT2D eigenvalue weighted by Crippen LogP contribution is -2.14. The molecule has 9 heteroatoms. The number of aromatic nitrogens is 2. The van der Waals surface area contributed by atoms with Gasteiger partial charge in [0.05, 0.1) is 29.6 Å². The number of aliphatic imine (C=N–C) groups is 1. The SMILES string of the molecule is COc1cccc(F)c1C1=NC(Nc2ccc(C(=O)O)cc2)c2cncnc2-c2ccc(Cl)cc21. The van der Waals surface area contributed by atoms with Gasteiger partial charge in [0.15, 0.2) is 0 Å². The van der Waals surface area contributed by atoms with Crippen molar-refractivity contribution in [1.29, 1.82) is 0 Å². The second-order valence-electron chi connectivity index (χ2n) is 7.74. The first-order chi connectivity index (χ1) is 17.0. The number of ether oxygens (including phenoxy) is 1. The van der Waals surface area contributed by atoms with Gasteiger partial charge in [-0.05, 0) is 48.5 Å². The van der Waals surface area contributed by atoms with E-state index in [1.165, 1.54) is 31.6 Å². The van der Waals surface area contributed by atoms with E-state index in [1.807, 2.05) is 6.07 Å². The first-order valence-corrected chi connectivity index (χ1v) is 10.9. The summed E-state index contributed by atoms with van der Waals surface area (Å²) in [4.78, 5) is 24.9. The van der Waals surface area contributed by atoms with E-state index in [0.717, 1.165) is 0 Å². The maximum atomic E-state index is 15.3. The Morgan fingerprint density at radius 2 is 1.91 bits per heavy atom. The third-order valence-corrected chi connectivity index (χ3v) is 5.89. The van der Waals surface area contributed by atoms with Gasteiger partial charge in [-0.2, -0.15) is 0 Å². The number of hydrogen-bond donors (Lipinski definition) is 2. The highest BCUT2D eigenvalue weighted by molar-refractivity contribution is 6.31. The van der Waals surface area contributed by atoms with Gasteiger partial charge in [0.1, 0.15) is 24.1 Å². The lowest BCUT2D eigenvalue weighted by atomic mass is 9.94. The molecule has 0 saturated carbocycles. The van der Waals surface area contributed by atoms with Crippen molar-refractivity contribution in [2.75, 3.05) is 12.4 Å². The van der Waals surface area contributed by atoms with Gasteiger partial charge in [-0.15, -0.1) is 0 Å². The topological polar surface area (TPSA) is 96.7 Å². The van der Waals surface area contributed by atoms with Crippen LogP contribution < -0.4 is 10.1 Å². The average Bonchev–Trinajstić information content (AvgIpc) is 2.99. The number of anilines is 1. The van der Waals surface area contributed by atoms with Crippen LogP contribution in [0.3, 0.4) is 0 Å². The molecule has 2 heterocycles. The van der Waals surface area contributed by atoms with E-state index >= 15 is 4.39 Å². The lowest BCUT2D eigenvalue weighted by Gasteiger charge is -2.18. The first-order valence-electron chi connectivity index (χ1n) is 10.6. The number of nitrogens with zero attached hydrogens (tertiary/aromatic N) is 3. The highest BCUT2D eigenvalue weighted by Crippen LogP contribution is 2.39. The molecule has 0 aliphatic carbocycles. The fourth-order valence-electron chi connectivity index (χ4n) is 4.03. The summed E-state index contributed by atoms with van der Waals surface area (Å²) < 4.78 is 20.7. The molecule has 174 valence electrons. The normalized spacial score (nSPS) is 14.3. The number of halogens is 2. The van der Waals surface area contributed by atoms with Gasteiger partial charge in [0.25, 0.3) is 0 Å². The number of carboxylic acids is 1. The molecular weight excluding hydrogens is 471 g/mol. The number of aromatic carboxylic acids is 1. The van der Waals surface area contributed by atoms with Crippen LogP contribution in [0.15, 0.2) is 78.2 Å². The summed E-state index contributed by atoms with van der Waals surface area (Å²) in [5, 5.41) is 13.0. The van der Waals surface area contributed by atoms with Crippen LogP contribution in [0.5, 0.6) is 5.75 Å². The van der Waals surface area contributed by atoms with Crippen molar-refractivity contribution >= 4 is 29.0 Å². The van der Waals surface area contributed by atoms with Gasteiger partial charge < -0.3 is 15.2 Å². The zero-order chi connectivity index (χ0) is 24.5. The molecule has 1 aliphatic rings. The van der Waals surface area contributed by atoms with Gasteiger partial charge in [0.2, 0.25) is 0 Å². The van der Waals surface area contributed by atoms with E-state index in [4.69, 9.17) is 21.3 Å². The molecule has 0 amide bonds. The zero-order valence-electron chi connectivity index (χ0n) is 18.4. The van der Waals surface area contributed by atoms with Crippen molar-refractivity contribution < 1.29 is 19.0 Å². The summed E-state index contributed by atoms with van der Waals surface area (Å²) in [5.74, 6) is -1.21. The molecule has 0 spiro atoms. The van der Waals surface area contributed by atoms with Crippen LogP contribution in [-0.4, -0.2) is 33.9 Å². The lowest BCUT2D eigenvalue weighted by molar-refractivity contribution is 0.0697. The minimum atomic E-state index is -1.02. The molecule has 1 atom stereocenters. The third kappa shape index (κ3) is 4.20. The fourth-order valence-corrected chi connectivity index (χ4v) is 4.21. The molecule has 0 radical (unpaired) electrons. The number of hydrogen-bond acceptors (Lipinski definition) is 6. The summed E-state index contributed by atoms with van der Waals surface area (Å²) in [6.45, 7) is 0. The van der Waals surface area contributed by atoms with E-state index in [9.17, 15) is 9.90 Å². The maximum Gasteiger partial charge on any atom is 0.335 e. The van der Waals surface area contributed by atoms with Crippen LogP contribution in [0.25, 0.3) is 11.3 Å². The van der Waals surface area contributed by atoms with Gasteiger partial charge in [0, 0.05) is 33.6 Å². The highest BCUT2D eigenvalue weighted by Gasteiger charge is 2.29. The van der Waals surface area contributed by atoms with E-state index in [0.29, 0.717) is 44.6 Å². The Bertz CT molecular complexity index is 1470. The summed E-state index contributed by atoms with van der Waals surface area (Å²) in [6.07, 6.45) is 2.35. The van der Waals surface area contributed by atoms with Crippen LogP contribution >= 0.6 is 11.6 Å². The Morgan fingerprint density at radius 3 is 2.66 bits per heavy atom. The van der Waals surface area contributed by atoms with E-state index in [-0.39, 0.29) is 11.1 Å². The Balaban J connectivity index is 1.74. The predicted octanol–water partition coefficient (Wildman–Crippen LogP) is 5.60. The highest BCUT2D eigenvalue weighted by atomic mass is 35.5. The molecule has 3 aromatic carbocycles. The molecule has 1 aliphatic heterocycles. The predicted molar refractivity (Wildman–Crippen MR) is 131 cm³/mol. The standard InChI is InChI=1S/C26H18ClFN4O3/c1-35-21-4-2-3-20(28)22(21)24-18-11-15(27)7-10-17(18)23-19(12-29-13-30-23)25(32-24)31-16-8-5-14(6-9-16)26(33)34/h2-13,25,31H,1H3,(H,33,34). The Hall–Kier alpha value is -4.30. The Labute approximate surface area is 204 Å². The molecule has 35 heavy (non-hydrogen) atoms. The largest absolute Gasteiger partial charge is 0.496 e. The first kappa shape index (κ1) is 22.5. The van der Waals surface area contributed by atoms with Gasteiger partial charge in [-0.1, -0.05) is 23.7 Å². The van der Waals surface area contributed by atoms with Crippen molar-refractivity contribution in [3.63, 3.8) is 0 Å². The molecule has 5 rings (SSSR count). The number of carbonyl (C=O) groups is 1. The Kier molecular flexibility index (Phi) is 5.88. The molecule has 7 nitrogen and oxygen atoms in total. The van der Waals surface area contributed by atoms with Crippen molar-refractivity contribution in [2.45, 2.75) is 6.17 Å². The molecule has 2 N–H and O–H groups in total. The van der Waals surface area contributed by atoms with Crippen LogP contribution in [0, 0.1) is 5.82 Å². The summed E-state index contributed by atoms with van der Waals surface area (Å²) >= 11 is 6.35. The third-order valence-electron chi connectivity index (χ3n) is 5.65. The second kappa shape index (κ2) is 9.15. The second-order valence-corrected chi connectivity index (χ2v) is 8.18. The van der Waals surface area contributed by atoms with Gasteiger partial charge >= 0.3 is 5.97 Å². The summed E-state index contributed by atoms with van der Waals surface area (Å²) in [7, 11) is 1.47. The molecule has 1 unspecified atom stereocenters. The van der Waals surface area contributed by atoms with Crippen LogP contribution in [0.2, 0.25) is 5.02 Å². The fraction of sp³-hybridized carbons (Fsp3) is 0.0769. The van der Waals surface area contributed by atoms with Crippen LogP contribution in [0.1, 0.15) is 33.2 Å². The zero-order valence-corrected chi connectivity index (χ0v) is 19.1. The van der Waals surface area contributed by atoms with Gasteiger partial charge in [-0.25, -0.2) is 19.2 Å². The summed E-state index contributed by atoms with van der Waals surface area (Å²) in [5.41, 5.74) is 3.85. The molecule has 1 aromatic heterocycles. The minimum Gasteiger partial charge on any atom is -0.496 e.